The lowest BCUT2D eigenvalue weighted by atomic mass is 9.99. The second-order valence-corrected chi connectivity index (χ2v) is 4.54. The van der Waals surface area contributed by atoms with Crippen LogP contribution in [0.2, 0.25) is 0 Å². The predicted molar refractivity (Wildman–Crippen MR) is 74.4 cm³/mol. The maximum absolute atomic E-state index is 3.52. The van der Waals surface area contributed by atoms with Crippen molar-refractivity contribution >= 4 is 23.0 Å². The highest BCUT2D eigenvalue weighted by molar-refractivity contribution is 5.94. The van der Waals surface area contributed by atoms with Gasteiger partial charge in [-0.25, -0.2) is 0 Å². The molecule has 1 aliphatic rings. The first-order chi connectivity index (χ1) is 8.25. The van der Waals surface area contributed by atoms with Crippen LogP contribution >= 0.6 is 0 Å². The zero-order valence-electron chi connectivity index (χ0n) is 10.1. The third-order valence-corrected chi connectivity index (χ3v) is 3.27. The van der Waals surface area contributed by atoms with E-state index >= 15 is 0 Å². The zero-order valence-corrected chi connectivity index (χ0v) is 10.1. The van der Waals surface area contributed by atoms with Crippen molar-refractivity contribution in [1.29, 1.82) is 0 Å². The van der Waals surface area contributed by atoms with Crippen LogP contribution in [0.1, 0.15) is 23.6 Å². The summed E-state index contributed by atoms with van der Waals surface area (Å²) in [5, 5.41) is 3.52. The average Bonchev–Trinajstić information content (AvgIpc) is 2.45. The summed E-state index contributed by atoms with van der Waals surface area (Å²) in [6.45, 7) is 4.34. The molecule has 1 nitrogen and oxygen atoms in total. The van der Waals surface area contributed by atoms with Gasteiger partial charge in [0.25, 0.3) is 0 Å². The van der Waals surface area contributed by atoms with Gasteiger partial charge in [-0.3, -0.25) is 0 Å². The van der Waals surface area contributed by atoms with Crippen LogP contribution < -0.4 is 5.32 Å². The third-order valence-electron chi connectivity index (χ3n) is 3.27. The summed E-state index contributed by atoms with van der Waals surface area (Å²) in [6, 6.07) is 14.8. The number of allylic oxidation sites excluding steroid dienone is 1. The Labute approximate surface area is 102 Å². The van der Waals surface area contributed by atoms with E-state index in [9.17, 15) is 0 Å². The fourth-order valence-corrected chi connectivity index (χ4v) is 2.48. The van der Waals surface area contributed by atoms with Crippen LogP contribution in [0.25, 0.3) is 11.6 Å². The van der Waals surface area contributed by atoms with Crippen molar-refractivity contribution in [2.75, 3.05) is 5.32 Å². The largest absolute Gasteiger partial charge is 0.355 e. The number of anilines is 2. The SMILES string of the molecule is CC1=Cc2ccccc2Nc2cccc(C)c21. The number of nitrogens with one attached hydrogen (secondary N) is 1. The summed E-state index contributed by atoms with van der Waals surface area (Å²) < 4.78 is 0. The van der Waals surface area contributed by atoms with Gasteiger partial charge in [-0.2, -0.15) is 0 Å². The molecule has 0 saturated carbocycles. The Morgan fingerprint density at radius 1 is 0.824 bits per heavy atom. The average molecular weight is 221 g/mol. The van der Waals surface area contributed by atoms with Crippen molar-refractivity contribution in [2.45, 2.75) is 13.8 Å². The smallest absolute Gasteiger partial charge is 0.0463 e. The quantitative estimate of drug-likeness (QED) is 0.684. The van der Waals surface area contributed by atoms with Crippen LogP contribution in [-0.4, -0.2) is 0 Å². The first-order valence-electron chi connectivity index (χ1n) is 5.90. The predicted octanol–water partition coefficient (Wildman–Crippen LogP) is 4.61. The van der Waals surface area contributed by atoms with Crippen LogP contribution in [0.4, 0.5) is 11.4 Å². The molecule has 1 aliphatic heterocycles. The summed E-state index contributed by atoms with van der Waals surface area (Å²) in [5.74, 6) is 0. The van der Waals surface area contributed by atoms with E-state index in [0.29, 0.717) is 0 Å². The van der Waals surface area contributed by atoms with E-state index in [1.54, 1.807) is 0 Å². The van der Waals surface area contributed by atoms with Gasteiger partial charge in [-0.1, -0.05) is 30.3 Å². The highest BCUT2D eigenvalue weighted by Gasteiger charge is 2.12. The molecule has 0 spiro atoms. The second-order valence-electron chi connectivity index (χ2n) is 4.54. The van der Waals surface area contributed by atoms with Gasteiger partial charge in [-0.15, -0.1) is 0 Å². The lowest BCUT2D eigenvalue weighted by molar-refractivity contribution is 1.40. The van der Waals surface area contributed by atoms with Crippen LogP contribution in [0.15, 0.2) is 42.5 Å². The van der Waals surface area contributed by atoms with Gasteiger partial charge in [0.2, 0.25) is 0 Å². The summed E-state index contributed by atoms with van der Waals surface area (Å²) in [5.41, 5.74) is 7.58. The number of benzene rings is 2. The molecule has 17 heavy (non-hydrogen) atoms. The minimum atomic E-state index is 1.18. The summed E-state index contributed by atoms with van der Waals surface area (Å²) in [7, 11) is 0. The van der Waals surface area contributed by atoms with Crippen molar-refractivity contribution in [3.8, 4) is 0 Å². The number of hydrogen-bond donors (Lipinski definition) is 1. The Bertz CT molecular complexity index is 609. The number of rotatable bonds is 0. The Hall–Kier alpha value is -2.02. The molecule has 0 radical (unpaired) electrons. The Balaban J connectivity index is 2.28. The Morgan fingerprint density at radius 2 is 1.59 bits per heavy atom. The molecule has 0 amide bonds. The summed E-state index contributed by atoms with van der Waals surface area (Å²) in [6.07, 6.45) is 2.25. The molecule has 0 unspecified atom stereocenters. The van der Waals surface area contributed by atoms with Crippen molar-refractivity contribution in [1.82, 2.24) is 0 Å². The van der Waals surface area contributed by atoms with Gasteiger partial charge in [0.15, 0.2) is 0 Å². The molecule has 0 saturated heterocycles. The monoisotopic (exact) mass is 221 g/mol. The van der Waals surface area contributed by atoms with E-state index in [1.165, 1.54) is 33.6 Å². The van der Waals surface area contributed by atoms with Gasteiger partial charge < -0.3 is 5.32 Å². The van der Waals surface area contributed by atoms with E-state index in [2.05, 4.69) is 67.7 Å². The molecule has 2 aromatic carbocycles. The van der Waals surface area contributed by atoms with E-state index in [-0.39, 0.29) is 0 Å². The van der Waals surface area contributed by atoms with Crippen LogP contribution in [0, 0.1) is 6.92 Å². The molecule has 3 rings (SSSR count). The number of para-hydroxylation sites is 1. The van der Waals surface area contributed by atoms with Crippen molar-refractivity contribution in [3.05, 3.63) is 59.2 Å². The maximum atomic E-state index is 3.52. The molecule has 84 valence electrons. The summed E-state index contributed by atoms with van der Waals surface area (Å²) >= 11 is 0. The zero-order chi connectivity index (χ0) is 11.8. The minimum absolute atomic E-state index is 1.18. The minimum Gasteiger partial charge on any atom is -0.355 e. The highest BCUT2D eigenvalue weighted by Crippen LogP contribution is 2.35. The molecule has 1 heteroatoms. The van der Waals surface area contributed by atoms with E-state index in [4.69, 9.17) is 0 Å². The van der Waals surface area contributed by atoms with Gasteiger partial charge in [0.1, 0.15) is 0 Å². The topological polar surface area (TPSA) is 12.0 Å². The highest BCUT2D eigenvalue weighted by atomic mass is 14.9. The van der Waals surface area contributed by atoms with Crippen LogP contribution in [-0.2, 0) is 0 Å². The molecule has 0 fully saturated rings. The second kappa shape index (κ2) is 3.77. The summed E-state index contributed by atoms with van der Waals surface area (Å²) in [4.78, 5) is 0. The first kappa shape index (κ1) is 10.2. The Morgan fingerprint density at radius 3 is 2.47 bits per heavy atom. The molecule has 0 atom stereocenters. The molecule has 1 N–H and O–H groups in total. The normalized spacial score (nSPS) is 12.9. The molecule has 0 aliphatic carbocycles. The first-order valence-corrected chi connectivity index (χ1v) is 5.90. The number of aryl methyl sites for hydroxylation is 1. The maximum Gasteiger partial charge on any atom is 0.0463 e. The molecule has 0 aromatic heterocycles. The van der Waals surface area contributed by atoms with Crippen molar-refractivity contribution in [2.24, 2.45) is 0 Å². The lowest BCUT2D eigenvalue weighted by Gasteiger charge is -2.12. The van der Waals surface area contributed by atoms with Gasteiger partial charge in [0.05, 0.1) is 0 Å². The fourth-order valence-electron chi connectivity index (χ4n) is 2.48. The van der Waals surface area contributed by atoms with E-state index < -0.39 is 0 Å². The van der Waals surface area contributed by atoms with Crippen LogP contribution in [0.5, 0.6) is 0 Å². The molecular formula is C16H15N. The van der Waals surface area contributed by atoms with Gasteiger partial charge >= 0.3 is 0 Å². The van der Waals surface area contributed by atoms with Gasteiger partial charge in [-0.05, 0) is 48.8 Å². The molecule has 2 aromatic rings. The van der Waals surface area contributed by atoms with Gasteiger partial charge in [0, 0.05) is 16.9 Å². The van der Waals surface area contributed by atoms with Crippen LogP contribution in [0.3, 0.4) is 0 Å². The number of fused-ring (bicyclic) bond motifs is 2. The number of hydrogen-bond acceptors (Lipinski definition) is 1. The standard InChI is InChI=1S/C16H15N/c1-11-6-5-9-15-16(11)12(2)10-13-7-3-4-8-14(13)17-15/h3-10,17H,1-2H3. The van der Waals surface area contributed by atoms with E-state index in [1.807, 2.05) is 0 Å². The van der Waals surface area contributed by atoms with Crippen molar-refractivity contribution < 1.29 is 0 Å². The third kappa shape index (κ3) is 1.64. The Kier molecular flexibility index (Phi) is 2.25. The lowest BCUT2D eigenvalue weighted by Crippen LogP contribution is -1.95. The molecule has 0 bridgehead atoms. The fraction of sp³-hybridized carbons (Fsp3) is 0.125. The molecule has 1 heterocycles. The van der Waals surface area contributed by atoms with E-state index in [0.717, 1.165) is 0 Å². The van der Waals surface area contributed by atoms with Crippen molar-refractivity contribution in [3.63, 3.8) is 0 Å². The molecular weight excluding hydrogens is 206 g/mol.